The summed E-state index contributed by atoms with van der Waals surface area (Å²) in [5.41, 5.74) is 7.35. The van der Waals surface area contributed by atoms with E-state index in [1.165, 1.54) is 18.2 Å². The smallest absolute Gasteiger partial charge is 0.475 e. The summed E-state index contributed by atoms with van der Waals surface area (Å²) in [7, 11) is 0. The van der Waals surface area contributed by atoms with Crippen LogP contribution >= 0.6 is 0 Å². The number of rotatable bonds is 5. The predicted octanol–water partition coefficient (Wildman–Crippen LogP) is 3.09. The van der Waals surface area contributed by atoms with Crippen LogP contribution in [0.2, 0.25) is 0 Å². The second-order valence-corrected chi connectivity index (χ2v) is 9.49. The van der Waals surface area contributed by atoms with E-state index in [1.807, 2.05) is 10.9 Å². The maximum atomic E-state index is 13.7. The minimum absolute atomic E-state index is 0.0867. The second kappa shape index (κ2) is 15.4. The minimum Gasteiger partial charge on any atom is -0.475 e. The largest absolute Gasteiger partial charge is 0.490 e. The number of carboxylic acids is 2. The van der Waals surface area contributed by atoms with Crippen LogP contribution < -0.4 is 5.73 Å². The van der Waals surface area contributed by atoms with E-state index in [1.54, 1.807) is 23.1 Å². The SMILES string of the molecule is N[C@@H]1CCN(Cc2cn(C3CCN(C(=O)C=Cc4ccccc4F)CC3)nn2)C1.O=C(O)C(F)(F)F.O=C(O)C(F)(F)F. The van der Waals surface area contributed by atoms with Crippen molar-refractivity contribution in [3.63, 3.8) is 0 Å². The van der Waals surface area contributed by atoms with E-state index in [0.717, 1.165) is 44.6 Å². The Kier molecular flexibility index (Phi) is 12.6. The Morgan fingerprint density at radius 3 is 2.00 bits per heavy atom. The van der Waals surface area contributed by atoms with Crippen LogP contribution in [-0.4, -0.2) is 97.4 Å². The van der Waals surface area contributed by atoms with Gasteiger partial charge in [-0.1, -0.05) is 23.4 Å². The molecule has 1 amide bonds. The lowest BCUT2D eigenvalue weighted by molar-refractivity contribution is -0.193. The number of amides is 1. The van der Waals surface area contributed by atoms with Crippen molar-refractivity contribution in [3.8, 4) is 0 Å². The van der Waals surface area contributed by atoms with Crippen molar-refractivity contribution in [2.45, 2.75) is 50.2 Å². The number of halogens is 7. The van der Waals surface area contributed by atoms with E-state index in [9.17, 15) is 35.5 Å². The summed E-state index contributed by atoms with van der Waals surface area (Å²) in [6, 6.07) is 6.94. The number of nitrogens with two attached hydrogens (primary N) is 1. The fourth-order valence-electron chi connectivity index (χ4n) is 4.03. The number of carboxylic acid groups (broad SMARTS) is 2. The van der Waals surface area contributed by atoms with Crippen LogP contribution in [0.4, 0.5) is 30.7 Å². The number of hydrogen-bond acceptors (Lipinski definition) is 7. The van der Waals surface area contributed by atoms with Gasteiger partial charge in [0.2, 0.25) is 5.91 Å². The molecule has 238 valence electrons. The van der Waals surface area contributed by atoms with Crippen LogP contribution in [0.3, 0.4) is 0 Å². The zero-order valence-corrected chi connectivity index (χ0v) is 22.4. The van der Waals surface area contributed by atoms with E-state index in [0.29, 0.717) is 18.7 Å². The number of nitrogens with zero attached hydrogens (tertiary/aromatic N) is 5. The topological polar surface area (TPSA) is 155 Å². The summed E-state index contributed by atoms with van der Waals surface area (Å²) in [5.74, 6) is -5.93. The second-order valence-electron chi connectivity index (χ2n) is 9.49. The first kappa shape index (κ1) is 35.1. The fraction of sp³-hybridized carbons (Fsp3) is 0.480. The van der Waals surface area contributed by atoms with Gasteiger partial charge in [0.15, 0.2) is 0 Å². The summed E-state index contributed by atoms with van der Waals surface area (Å²) in [4.78, 5) is 34.3. The molecule has 0 unspecified atom stereocenters. The van der Waals surface area contributed by atoms with E-state index >= 15 is 0 Å². The van der Waals surface area contributed by atoms with Gasteiger partial charge in [-0.2, -0.15) is 26.3 Å². The number of hydrogen-bond donors (Lipinski definition) is 3. The minimum atomic E-state index is -5.08. The molecule has 43 heavy (non-hydrogen) atoms. The Morgan fingerprint density at radius 2 is 1.51 bits per heavy atom. The summed E-state index contributed by atoms with van der Waals surface area (Å²) in [6.45, 7) is 4.01. The lowest BCUT2D eigenvalue weighted by Crippen LogP contribution is -2.38. The molecule has 2 saturated heterocycles. The zero-order valence-electron chi connectivity index (χ0n) is 22.4. The molecule has 1 aromatic heterocycles. The average molecular weight is 627 g/mol. The summed E-state index contributed by atoms with van der Waals surface area (Å²) in [5, 5.41) is 22.9. The molecule has 2 aliphatic rings. The predicted molar refractivity (Wildman–Crippen MR) is 136 cm³/mol. The van der Waals surface area contributed by atoms with Gasteiger partial charge >= 0.3 is 24.3 Å². The van der Waals surface area contributed by atoms with Gasteiger partial charge < -0.3 is 20.8 Å². The average Bonchev–Trinajstić information content (AvgIpc) is 3.56. The zero-order chi connectivity index (χ0) is 32.4. The normalized spacial score (nSPS) is 18.0. The van der Waals surface area contributed by atoms with Crippen molar-refractivity contribution in [2.24, 2.45) is 5.73 Å². The van der Waals surface area contributed by atoms with Crippen LogP contribution in [0.25, 0.3) is 6.08 Å². The van der Waals surface area contributed by atoms with E-state index in [-0.39, 0.29) is 23.8 Å². The van der Waals surface area contributed by atoms with Gasteiger partial charge in [0, 0.05) is 50.4 Å². The lowest BCUT2D eigenvalue weighted by Gasteiger charge is -2.31. The van der Waals surface area contributed by atoms with Gasteiger partial charge in [0.1, 0.15) is 5.82 Å². The molecule has 4 rings (SSSR count). The number of benzene rings is 1. The maximum absolute atomic E-state index is 13.7. The van der Waals surface area contributed by atoms with E-state index < -0.39 is 24.3 Å². The Bertz CT molecular complexity index is 1240. The molecule has 0 bridgehead atoms. The molecule has 2 fully saturated rings. The van der Waals surface area contributed by atoms with Crippen LogP contribution in [0.1, 0.15) is 36.6 Å². The van der Waals surface area contributed by atoms with Gasteiger partial charge in [-0.25, -0.2) is 18.7 Å². The first-order valence-electron chi connectivity index (χ1n) is 12.7. The van der Waals surface area contributed by atoms with Crippen molar-refractivity contribution >= 4 is 23.9 Å². The van der Waals surface area contributed by atoms with E-state index in [2.05, 4.69) is 15.2 Å². The first-order valence-corrected chi connectivity index (χ1v) is 12.7. The molecule has 2 aliphatic heterocycles. The Hall–Kier alpha value is -4.06. The highest BCUT2D eigenvalue weighted by Gasteiger charge is 2.39. The van der Waals surface area contributed by atoms with Crippen LogP contribution in [-0.2, 0) is 20.9 Å². The van der Waals surface area contributed by atoms with E-state index in [4.69, 9.17) is 25.5 Å². The Morgan fingerprint density at radius 1 is 0.953 bits per heavy atom. The van der Waals surface area contributed by atoms with Crippen LogP contribution in [0.5, 0.6) is 0 Å². The van der Waals surface area contributed by atoms with Crippen molar-refractivity contribution < 1.29 is 55.3 Å². The molecule has 2 aromatic rings. The van der Waals surface area contributed by atoms with Crippen LogP contribution in [0, 0.1) is 5.82 Å². The number of aromatic nitrogens is 3. The monoisotopic (exact) mass is 626 g/mol. The number of piperidine rings is 1. The number of carbonyl (C=O) groups is 3. The lowest BCUT2D eigenvalue weighted by atomic mass is 10.1. The maximum Gasteiger partial charge on any atom is 0.490 e. The standard InChI is InChI=1S/C21H27FN6O.2C2HF3O2/c22-20-4-2-1-3-16(20)5-6-21(29)27-11-8-19(9-12-27)28-15-18(24-25-28)14-26-10-7-17(23)13-26;2*3-2(4,5)1(6)7/h1-6,15,17,19H,7-14,23H2;2*(H,6,7)/t17-;;/m1../s1. The van der Waals surface area contributed by atoms with Gasteiger partial charge in [-0.05, 0) is 31.4 Å². The highest BCUT2D eigenvalue weighted by Crippen LogP contribution is 2.23. The summed E-state index contributed by atoms with van der Waals surface area (Å²) >= 11 is 0. The molecule has 0 spiro atoms. The molecule has 0 saturated carbocycles. The van der Waals surface area contributed by atoms with Crippen molar-refractivity contribution in [1.29, 1.82) is 0 Å². The van der Waals surface area contributed by atoms with Crippen LogP contribution in [0.15, 0.2) is 36.5 Å². The number of alkyl halides is 6. The van der Waals surface area contributed by atoms with Gasteiger partial charge in [0.25, 0.3) is 0 Å². The molecular formula is C25H29F7N6O5. The molecule has 0 radical (unpaired) electrons. The van der Waals surface area contributed by atoms with Gasteiger partial charge in [0.05, 0.1) is 17.9 Å². The molecule has 4 N–H and O–H groups in total. The molecule has 1 aromatic carbocycles. The Balaban J connectivity index is 0.000000384. The third kappa shape index (κ3) is 12.0. The first-order chi connectivity index (χ1) is 20.0. The van der Waals surface area contributed by atoms with Gasteiger partial charge in [-0.15, -0.1) is 5.10 Å². The van der Waals surface area contributed by atoms with Crippen molar-refractivity contribution in [2.75, 3.05) is 26.2 Å². The molecule has 3 heterocycles. The molecule has 1 atom stereocenters. The quantitative estimate of drug-likeness (QED) is 0.336. The highest BCUT2D eigenvalue weighted by atomic mass is 19.4. The van der Waals surface area contributed by atoms with Crippen molar-refractivity contribution in [1.82, 2.24) is 24.8 Å². The third-order valence-corrected chi connectivity index (χ3v) is 6.20. The van der Waals surface area contributed by atoms with Gasteiger partial charge in [-0.3, -0.25) is 9.69 Å². The summed E-state index contributed by atoms with van der Waals surface area (Å²) < 4.78 is 79.1. The summed E-state index contributed by atoms with van der Waals surface area (Å²) in [6.07, 6.45) is -2.46. The Labute approximate surface area is 240 Å². The number of carbonyl (C=O) groups excluding carboxylic acids is 1. The highest BCUT2D eigenvalue weighted by molar-refractivity contribution is 5.91. The molecule has 0 aliphatic carbocycles. The number of likely N-dealkylation sites (tertiary alicyclic amines) is 2. The fourth-order valence-corrected chi connectivity index (χ4v) is 4.03. The molecule has 11 nitrogen and oxygen atoms in total. The third-order valence-electron chi connectivity index (χ3n) is 6.20. The number of aliphatic carboxylic acids is 2. The van der Waals surface area contributed by atoms with Crippen molar-refractivity contribution in [3.05, 3.63) is 53.6 Å². The molecule has 18 heteroatoms. The molecular weight excluding hydrogens is 597 g/mol.